The first-order valence-corrected chi connectivity index (χ1v) is 10.2. The number of carbonyl (C=O) groups is 1. The lowest BCUT2D eigenvalue weighted by molar-refractivity contribution is -0.137. The first kappa shape index (κ1) is 19.9. The molecule has 2 aliphatic rings. The number of hydrogen-bond acceptors (Lipinski definition) is 3. The Hall–Kier alpha value is -1.87. The van der Waals surface area contributed by atoms with Crippen molar-refractivity contribution in [3.05, 3.63) is 42.0 Å². The monoisotopic (exact) mass is 402 g/mol. The number of alkyl halides is 3. The van der Waals surface area contributed by atoms with E-state index < -0.39 is 21.8 Å². The Morgan fingerprint density at radius 2 is 1.70 bits per heavy atom. The second-order valence-corrected chi connectivity index (χ2v) is 8.71. The summed E-state index contributed by atoms with van der Waals surface area (Å²) in [4.78, 5) is 13.8. The molecule has 1 aromatic carbocycles. The molecule has 0 spiro atoms. The molecule has 148 valence electrons. The van der Waals surface area contributed by atoms with Crippen molar-refractivity contribution in [1.29, 1.82) is 0 Å². The summed E-state index contributed by atoms with van der Waals surface area (Å²) >= 11 is 0. The van der Waals surface area contributed by atoms with Crippen LogP contribution in [0.25, 0.3) is 0 Å². The zero-order chi connectivity index (χ0) is 19.7. The average molecular weight is 402 g/mol. The molecule has 1 saturated heterocycles. The highest BCUT2D eigenvalue weighted by Gasteiger charge is 2.33. The summed E-state index contributed by atoms with van der Waals surface area (Å²) in [6, 6.07) is 3.48. The van der Waals surface area contributed by atoms with Gasteiger partial charge in [-0.05, 0) is 43.0 Å². The van der Waals surface area contributed by atoms with Crippen molar-refractivity contribution in [2.75, 3.05) is 26.2 Å². The van der Waals surface area contributed by atoms with E-state index in [1.165, 1.54) is 4.31 Å². The minimum absolute atomic E-state index is 0.0122. The van der Waals surface area contributed by atoms with Crippen LogP contribution in [0.3, 0.4) is 0 Å². The molecule has 0 bridgehead atoms. The smallest absolute Gasteiger partial charge is 0.340 e. The van der Waals surface area contributed by atoms with Gasteiger partial charge in [-0.3, -0.25) is 4.79 Å². The number of benzene rings is 1. The molecule has 0 saturated carbocycles. The summed E-state index contributed by atoms with van der Waals surface area (Å²) in [7, 11) is -3.88. The molecule has 1 heterocycles. The summed E-state index contributed by atoms with van der Waals surface area (Å²) in [5.41, 5.74) is -0.891. The Morgan fingerprint density at radius 1 is 1.07 bits per heavy atom. The quantitative estimate of drug-likeness (QED) is 0.728. The van der Waals surface area contributed by atoms with Crippen LogP contribution in [0, 0.1) is 5.92 Å². The first-order valence-electron chi connectivity index (χ1n) is 8.80. The van der Waals surface area contributed by atoms with Crippen molar-refractivity contribution < 1.29 is 26.4 Å². The Labute approximate surface area is 156 Å². The average Bonchev–Trinajstić information content (AvgIpc) is 3.14. The van der Waals surface area contributed by atoms with Crippen LogP contribution >= 0.6 is 0 Å². The van der Waals surface area contributed by atoms with Gasteiger partial charge in [-0.25, -0.2) is 8.42 Å². The molecular weight excluding hydrogens is 381 g/mol. The molecule has 9 heteroatoms. The SMILES string of the molecule is O=C(C[C@@H]1C=CCC1)N1CCN(S(=O)(=O)c2ccc(C(F)(F)F)cc2)CC1. The van der Waals surface area contributed by atoms with Gasteiger partial charge in [0.05, 0.1) is 10.5 Å². The van der Waals surface area contributed by atoms with Crippen LogP contribution in [-0.4, -0.2) is 49.7 Å². The number of nitrogens with zero attached hydrogens (tertiary/aromatic N) is 2. The second kappa shape index (κ2) is 7.63. The van der Waals surface area contributed by atoms with Gasteiger partial charge >= 0.3 is 6.18 Å². The van der Waals surface area contributed by atoms with E-state index in [4.69, 9.17) is 0 Å². The fourth-order valence-corrected chi connectivity index (χ4v) is 4.78. The number of rotatable bonds is 4. The van der Waals surface area contributed by atoms with Crippen LogP contribution in [0.15, 0.2) is 41.3 Å². The zero-order valence-corrected chi connectivity index (χ0v) is 15.5. The van der Waals surface area contributed by atoms with Crippen molar-refractivity contribution >= 4 is 15.9 Å². The van der Waals surface area contributed by atoms with E-state index in [-0.39, 0.29) is 42.9 Å². The third kappa shape index (κ3) is 4.52. The van der Waals surface area contributed by atoms with E-state index in [1.807, 2.05) is 6.08 Å². The van der Waals surface area contributed by atoms with Gasteiger partial charge in [-0.2, -0.15) is 17.5 Å². The highest BCUT2D eigenvalue weighted by Crippen LogP contribution is 2.30. The lowest BCUT2D eigenvalue weighted by Crippen LogP contribution is -2.50. The number of carbonyl (C=O) groups excluding carboxylic acids is 1. The van der Waals surface area contributed by atoms with E-state index in [1.54, 1.807) is 4.90 Å². The number of halogens is 3. The predicted molar refractivity (Wildman–Crippen MR) is 93.3 cm³/mol. The fraction of sp³-hybridized carbons (Fsp3) is 0.500. The van der Waals surface area contributed by atoms with Crippen molar-refractivity contribution in [3.8, 4) is 0 Å². The summed E-state index contributed by atoms with van der Waals surface area (Å²) in [6.45, 7) is 0.843. The molecule has 0 N–H and O–H groups in total. The summed E-state index contributed by atoms with van der Waals surface area (Å²) in [6.07, 6.45) is 1.98. The standard InChI is InChI=1S/C18H21F3N2O3S/c19-18(20,21)15-5-7-16(8-6-15)27(25,26)23-11-9-22(10-12-23)17(24)13-14-3-1-2-4-14/h1,3,5-8,14H,2,4,9-13H2/t14-/m1/s1. The maximum Gasteiger partial charge on any atom is 0.416 e. The Morgan fingerprint density at radius 3 is 2.22 bits per heavy atom. The second-order valence-electron chi connectivity index (χ2n) is 6.78. The molecule has 1 fully saturated rings. The molecule has 3 rings (SSSR count). The van der Waals surface area contributed by atoms with E-state index in [9.17, 15) is 26.4 Å². The van der Waals surface area contributed by atoms with Crippen molar-refractivity contribution in [1.82, 2.24) is 9.21 Å². The Kier molecular flexibility index (Phi) is 5.62. The molecule has 0 aromatic heterocycles. The van der Waals surface area contributed by atoms with E-state index >= 15 is 0 Å². The van der Waals surface area contributed by atoms with Gasteiger partial charge < -0.3 is 4.90 Å². The summed E-state index contributed by atoms with van der Waals surface area (Å²) in [5, 5.41) is 0. The number of sulfonamides is 1. The van der Waals surface area contributed by atoms with Gasteiger partial charge in [0.15, 0.2) is 0 Å². The van der Waals surface area contributed by atoms with Gasteiger partial charge in [0.2, 0.25) is 15.9 Å². The molecule has 1 aliphatic carbocycles. The molecule has 1 amide bonds. The van der Waals surface area contributed by atoms with E-state index in [0.717, 1.165) is 37.1 Å². The normalized spacial score (nSPS) is 21.6. The van der Waals surface area contributed by atoms with Gasteiger partial charge in [0.1, 0.15) is 0 Å². The topological polar surface area (TPSA) is 57.7 Å². The largest absolute Gasteiger partial charge is 0.416 e. The van der Waals surface area contributed by atoms with Crippen LogP contribution in [0.1, 0.15) is 24.8 Å². The molecule has 1 aromatic rings. The minimum atomic E-state index is -4.51. The van der Waals surface area contributed by atoms with E-state index in [2.05, 4.69) is 6.08 Å². The van der Waals surface area contributed by atoms with Crippen LogP contribution in [-0.2, 0) is 21.0 Å². The highest BCUT2D eigenvalue weighted by molar-refractivity contribution is 7.89. The van der Waals surface area contributed by atoms with Gasteiger partial charge in [-0.1, -0.05) is 12.2 Å². The number of allylic oxidation sites excluding steroid dienone is 2. The molecule has 5 nitrogen and oxygen atoms in total. The molecule has 1 aliphatic heterocycles. The lowest BCUT2D eigenvalue weighted by Gasteiger charge is -2.34. The van der Waals surface area contributed by atoms with Crippen LogP contribution < -0.4 is 0 Å². The maximum absolute atomic E-state index is 12.6. The molecule has 0 unspecified atom stereocenters. The predicted octanol–water partition coefficient (Wildman–Crippen LogP) is 2.89. The third-order valence-corrected chi connectivity index (χ3v) is 6.87. The van der Waals surface area contributed by atoms with Crippen molar-refractivity contribution in [2.45, 2.75) is 30.3 Å². The van der Waals surface area contributed by atoms with Crippen molar-refractivity contribution in [2.24, 2.45) is 5.92 Å². The van der Waals surface area contributed by atoms with Crippen molar-refractivity contribution in [3.63, 3.8) is 0 Å². The lowest BCUT2D eigenvalue weighted by atomic mass is 10.0. The Balaban J connectivity index is 1.60. The molecule has 0 radical (unpaired) electrons. The number of piperazine rings is 1. The summed E-state index contributed by atoms with van der Waals surface area (Å²) in [5.74, 6) is 0.268. The maximum atomic E-state index is 12.6. The first-order chi connectivity index (χ1) is 12.7. The number of hydrogen-bond donors (Lipinski definition) is 0. The third-order valence-electron chi connectivity index (χ3n) is 4.96. The van der Waals surface area contributed by atoms with E-state index in [0.29, 0.717) is 6.42 Å². The van der Waals surface area contributed by atoms with Crippen LogP contribution in [0.2, 0.25) is 0 Å². The number of amides is 1. The van der Waals surface area contributed by atoms with Gasteiger partial charge in [-0.15, -0.1) is 0 Å². The molecular formula is C18H21F3N2O3S. The van der Waals surface area contributed by atoms with Crippen LogP contribution in [0.5, 0.6) is 0 Å². The van der Waals surface area contributed by atoms with Gasteiger partial charge in [0, 0.05) is 32.6 Å². The molecule has 27 heavy (non-hydrogen) atoms. The summed E-state index contributed by atoms with van der Waals surface area (Å²) < 4.78 is 64.4. The van der Waals surface area contributed by atoms with Gasteiger partial charge in [0.25, 0.3) is 0 Å². The fourth-order valence-electron chi connectivity index (χ4n) is 3.36. The zero-order valence-electron chi connectivity index (χ0n) is 14.7. The minimum Gasteiger partial charge on any atom is -0.340 e. The van der Waals surface area contributed by atoms with Crippen LogP contribution in [0.4, 0.5) is 13.2 Å². The highest BCUT2D eigenvalue weighted by atomic mass is 32.2. The molecule has 1 atom stereocenters. The Bertz CT molecular complexity index is 811.